The zero-order valence-corrected chi connectivity index (χ0v) is 14.1. The third-order valence-electron chi connectivity index (χ3n) is 4.63. The molecule has 1 aliphatic carbocycles. The lowest BCUT2D eigenvalue weighted by molar-refractivity contribution is 0.592. The number of hydrogen-bond donors (Lipinski definition) is 0. The lowest BCUT2D eigenvalue weighted by Crippen LogP contribution is -2.27. The zero-order valence-electron chi connectivity index (χ0n) is 14.1. The van der Waals surface area contributed by atoms with Crippen molar-refractivity contribution in [2.45, 2.75) is 32.7 Å². The maximum atomic E-state index is 14.2. The summed E-state index contributed by atoms with van der Waals surface area (Å²) < 4.78 is 17.1. The smallest absolute Gasteiger partial charge is 0.269 e. The summed E-state index contributed by atoms with van der Waals surface area (Å²) in [6.45, 7) is 1.93. The van der Waals surface area contributed by atoms with Crippen LogP contribution in [-0.4, -0.2) is 24.8 Å². The van der Waals surface area contributed by atoms with Crippen molar-refractivity contribution in [3.8, 4) is 11.8 Å². The van der Waals surface area contributed by atoms with Crippen LogP contribution in [0, 0.1) is 24.1 Å². The van der Waals surface area contributed by atoms with E-state index in [0.717, 1.165) is 36.1 Å². The summed E-state index contributed by atoms with van der Waals surface area (Å²) in [6.07, 6.45) is 2.53. The van der Waals surface area contributed by atoms with Gasteiger partial charge in [-0.15, -0.1) is 5.10 Å². The van der Waals surface area contributed by atoms with Gasteiger partial charge in [0.25, 0.3) is 5.56 Å². The molecule has 1 aromatic carbocycles. The normalized spacial score (nSPS) is 12.8. The maximum Gasteiger partial charge on any atom is 0.269 e. The Morgan fingerprint density at radius 1 is 1.31 bits per heavy atom. The summed E-state index contributed by atoms with van der Waals surface area (Å²) in [5.74, 6) is -0.117. The molecule has 0 bridgehead atoms. The lowest BCUT2D eigenvalue weighted by atomic mass is 10.1. The molecular weight excluding hydrogens is 335 g/mol. The van der Waals surface area contributed by atoms with Crippen molar-refractivity contribution in [3.63, 3.8) is 0 Å². The third-order valence-corrected chi connectivity index (χ3v) is 4.63. The third kappa shape index (κ3) is 2.58. The predicted molar refractivity (Wildman–Crippen MR) is 90.4 cm³/mol. The van der Waals surface area contributed by atoms with Crippen molar-refractivity contribution in [3.05, 3.63) is 68.6 Å². The standard InChI is InChI=1S/C18H15FN6O/c1-11-5-6-14(19)16(7-11)25-17(21-22-23-25)10-24-15-4-2-3-12(15)8-13(9-20)18(24)26/h5-8H,2-4,10H2,1H3. The van der Waals surface area contributed by atoms with Crippen molar-refractivity contribution in [1.29, 1.82) is 5.26 Å². The molecule has 0 fully saturated rings. The number of nitrogens with zero attached hydrogens (tertiary/aromatic N) is 6. The Hall–Kier alpha value is -3.34. The Morgan fingerprint density at radius 2 is 2.15 bits per heavy atom. The average Bonchev–Trinajstić information content (AvgIpc) is 3.28. The monoisotopic (exact) mass is 350 g/mol. The first-order chi connectivity index (χ1) is 12.6. The molecule has 26 heavy (non-hydrogen) atoms. The first-order valence-electron chi connectivity index (χ1n) is 8.28. The van der Waals surface area contributed by atoms with E-state index in [-0.39, 0.29) is 23.4 Å². The highest BCUT2D eigenvalue weighted by atomic mass is 19.1. The molecule has 0 aliphatic heterocycles. The SMILES string of the molecule is Cc1ccc(F)c(-n2nnnc2Cn2c3c(cc(C#N)c2=O)CCC3)c1. The summed E-state index contributed by atoms with van der Waals surface area (Å²) in [4.78, 5) is 12.6. The minimum atomic E-state index is -0.451. The maximum absolute atomic E-state index is 14.2. The minimum Gasteiger partial charge on any atom is -0.304 e. The fourth-order valence-corrected chi connectivity index (χ4v) is 3.38. The number of tetrazole rings is 1. The Balaban J connectivity index is 1.83. The van der Waals surface area contributed by atoms with Gasteiger partial charge in [-0.25, -0.2) is 4.39 Å². The number of hydrogen-bond acceptors (Lipinski definition) is 5. The summed E-state index contributed by atoms with van der Waals surface area (Å²) in [5, 5.41) is 20.7. The van der Waals surface area contributed by atoms with E-state index in [0.29, 0.717) is 5.82 Å². The van der Waals surface area contributed by atoms with Crippen LogP contribution in [-0.2, 0) is 19.4 Å². The molecule has 7 nitrogen and oxygen atoms in total. The van der Waals surface area contributed by atoms with Crippen LogP contribution in [0.2, 0.25) is 0 Å². The van der Waals surface area contributed by atoms with Gasteiger partial charge in [-0.05, 0) is 65.9 Å². The quantitative estimate of drug-likeness (QED) is 0.717. The second-order valence-corrected chi connectivity index (χ2v) is 6.35. The van der Waals surface area contributed by atoms with Gasteiger partial charge >= 0.3 is 0 Å². The van der Waals surface area contributed by atoms with Gasteiger partial charge in [0.05, 0.1) is 6.54 Å². The van der Waals surface area contributed by atoms with Crippen LogP contribution in [0.25, 0.3) is 5.69 Å². The second kappa shape index (κ2) is 6.19. The molecule has 0 N–H and O–H groups in total. The number of benzene rings is 1. The first-order valence-corrected chi connectivity index (χ1v) is 8.28. The van der Waals surface area contributed by atoms with Gasteiger partial charge < -0.3 is 4.57 Å². The van der Waals surface area contributed by atoms with Crippen molar-refractivity contribution in [2.24, 2.45) is 0 Å². The molecule has 0 amide bonds. The summed E-state index contributed by atoms with van der Waals surface area (Å²) in [7, 11) is 0. The van der Waals surface area contributed by atoms with Gasteiger partial charge in [-0.2, -0.15) is 9.94 Å². The van der Waals surface area contributed by atoms with Crippen molar-refractivity contribution in [2.75, 3.05) is 0 Å². The lowest BCUT2D eigenvalue weighted by Gasteiger charge is -2.13. The fraction of sp³-hybridized carbons (Fsp3) is 0.278. The van der Waals surface area contributed by atoms with Crippen molar-refractivity contribution in [1.82, 2.24) is 24.8 Å². The topological polar surface area (TPSA) is 89.4 Å². The van der Waals surface area contributed by atoms with Crippen LogP contribution in [0.15, 0.2) is 29.1 Å². The number of pyridine rings is 1. The van der Waals surface area contributed by atoms with Gasteiger partial charge in [0, 0.05) is 5.69 Å². The molecule has 0 spiro atoms. The Kier molecular flexibility index (Phi) is 3.84. The van der Waals surface area contributed by atoms with Gasteiger partial charge in [0.15, 0.2) is 5.82 Å². The summed E-state index contributed by atoms with van der Waals surface area (Å²) in [5.41, 5.74) is 2.73. The highest BCUT2D eigenvalue weighted by Crippen LogP contribution is 2.22. The molecule has 8 heteroatoms. The van der Waals surface area contributed by atoms with E-state index in [1.165, 1.54) is 15.3 Å². The van der Waals surface area contributed by atoms with Crippen LogP contribution in [0.5, 0.6) is 0 Å². The van der Waals surface area contributed by atoms with Gasteiger partial charge in [0.2, 0.25) is 0 Å². The van der Waals surface area contributed by atoms with Crippen molar-refractivity contribution >= 4 is 0 Å². The molecule has 0 unspecified atom stereocenters. The number of halogens is 1. The van der Waals surface area contributed by atoms with Crippen LogP contribution in [0.4, 0.5) is 4.39 Å². The fourth-order valence-electron chi connectivity index (χ4n) is 3.38. The highest BCUT2D eigenvalue weighted by Gasteiger charge is 2.21. The molecule has 2 heterocycles. The minimum absolute atomic E-state index is 0.0804. The van der Waals surface area contributed by atoms with E-state index in [1.807, 2.05) is 13.0 Å². The van der Waals surface area contributed by atoms with E-state index >= 15 is 0 Å². The average molecular weight is 350 g/mol. The van der Waals surface area contributed by atoms with Gasteiger partial charge in [-0.1, -0.05) is 6.07 Å². The summed E-state index contributed by atoms with van der Waals surface area (Å²) >= 11 is 0. The Labute approximate surface area is 148 Å². The van der Waals surface area contributed by atoms with E-state index < -0.39 is 5.82 Å². The number of rotatable bonds is 3. The first kappa shape index (κ1) is 16.1. The molecule has 0 saturated heterocycles. The molecule has 4 rings (SSSR count). The molecule has 0 atom stereocenters. The van der Waals surface area contributed by atoms with Crippen LogP contribution >= 0.6 is 0 Å². The molecule has 0 radical (unpaired) electrons. The molecular formula is C18H15FN6O. The predicted octanol–water partition coefficient (Wildman–Crippen LogP) is 1.68. The number of aryl methyl sites for hydroxylation is 2. The van der Waals surface area contributed by atoms with Crippen LogP contribution in [0.3, 0.4) is 0 Å². The van der Waals surface area contributed by atoms with E-state index in [1.54, 1.807) is 18.2 Å². The largest absolute Gasteiger partial charge is 0.304 e. The van der Waals surface area contributed by atoms with E-state index in [2.05, 4.69) is 15.5 Å². The Bertz CT molecular complexity index is 1110. The van der Waals surface area contributed by atoms with Gasteiger partial charge in [0.1, 0.15) is 23.1 Å². The molecule has 2 aromatic heterocycles. The van der Waals surface area contributed by atoms with E-state index in [4.69, 9.17) is 0 Å². The van der Waals surface area contributed by atoms with E-state index in [9.17, 15) is 14.4 Å². The molecule has 1 aliphatic rings. The zero-order chi connectivity index (χ0) is 18.3. The number of fused-ring (bicyclic) bond motifs is 1. The number of aromatic nitrogens is 5. The molecule has 130 valence electrons. The second-order valence-electron chi connectivity index (χ2n) is 6.35. The van der Waals surface area contributed by atoms with Gasteiger partial charge in [-0.3, -0.25) is 4.79 Å². The Morgan fingerprint density at radius 3 is 2.96 bits per heavy atom. The highest BCUT2D eigenvalue weighted by molar-refractivity contribution is 5.38. The number of nitriles is 1. The van der Waals surface area contributed by atoms with Crippen molar-refractivity contribution < 1.29 is 4.39 Å². The van der Waals surface area contributed by atoms with Crippen LogP contribution in [0.1, 0.15) is 34.6 Å². The van der Waals surface area contributed by atoms with Crippen LogP contribution < -0.4 is 5.56 Å². The molecule has 0 saturated carbocycles. The molecule has 3 aromatic rings. The summed E-state index contributed by atoms with van der Waals surface area (Å²) in [6, 6.07) is 8.29.